The monoisotopic (exact) mass is 246 g/mol. The third-order valence-corrected chi connectivity index (χ3v) is 3.83. The van der Waals surface area contributed by atoms with Crippen LogP contribution in [0.1, 0.15) is 38.2 Å². The molecule has 0 bridgehead atoms. The molecule has 15 heavy (non-hydrogen) atoms. The Morgan fingerprint density at radius 3 is 2.47 bits per heavy atom. The van der Waals surface area contributed by atoms with E-state index in [1.54, 1.807) is 12.1 Å². The molecule has 1 aromatic carbocycles. The van der Waals surface area contributed by atoms with Gasteiger partial charge < -0.3 is 0 Å². The molecule has 84 valence electrons. The van der Waals surface area contributed by atoms with E-state index >= 15 is 0 Å². The van der Waals surface area contributed by atoms with Crippen molar-refractivity contribution >= 4 is 19.7 Å². The van der Waals surface area contributed by atoms with E-state index in [9.17, 15) is 8.42 Å². The molecule has 1 rings (SSSR count). The van der Waals surface area contributed by atoms with Crippen LogP contribution in [0.4, 0.5) is 0 Å². The van der Waals surface area contributed by atoms with E-state index in [0.29, 0.717) is 0 Å². The van der Waals surface area contributed by atoms with Gasteiger partial charge in [-0.2, -0.15) is 0 Å². The van der Waals surface area contributed by atoms with Crippen LogP contribution >= 0.6 is 10.7 Å². The lowest BCUT2D eigenvalue weighted by Gasteiger charge is -2.13. The highest BCUT2D eigenvalue weighted by atomic mass is 35.7. The molecule has 0 amide bonds. The summed E-state index contributed by atoms with van der Waals surface area (Å²) in [7, 11) is 1.76. The third-order valence-electron chi connectivity index (χ3n) is 2.43. The Bertz CT molecular complexity index is 426. The van der Waals surface area contributed by atoms with Gasteiger partial charge in [0, 0.05) is 10.7 Å². The lowest BCUT2D eigenvalue weighted by atomic mass is 9.97. The fourth-order valence-electron chi connectivity index (χ4n) is 1.70. The minimum atomic E-state index is -3.62. The predicted octanol–water partition coefficient (Wildman–Crippen LogP) is 3.52. The molecule has 1 atom stereocenters. The Hall–Kier alpha value is -0.540. The van der Waals surface area contributed by atoms with Crippen molar-refractivity contribution in [3.63, 3.8) is 0 Å². The van der Waals surface area contributed by atoms with Crippen LogP contribution in [0.25, 0.3) is 0 Å². The SMILES string of the molecule is CCCC(C)c1ccccc1S(=O)(=O)Cl. The van der Waals surface area contributed by atoms with E-state index in [1.807, 2.05) is 19.1 Å². The Balaban J connectivity index is 3.18. The minimum absolute atomic E-state index is 0.222. The maximum atomic E-state index is 11.3. The zero-order valence-electron chi connectivity index (χ0n) is 8.90. The van der Waals surface area contributed by atoms with Gasteiger partial charge in [0.2, 0.25) is 0 Å². The summed E-state index contributed by atoms with van der Waals surface area (Å²) in [5.41, 5.74) is 0.814. The zero-order chi connectivity index (χ0) is 11.5. The molecule has 0 heterocycles. The summed E-state index contributed by atoms with van der Waals surface area (Å²) in [5, 5.41) is 0. The van der Waals surface area contributed by atoms with Gasteiger partial charge in [0.05, 0.1) is 4.90 Å². The van der Waals surface area contributed by atoms with Crippen molar-refractivity contribution in [1.82, 2.24) is 0 Å². The van der Waals surface area contributed by atoms with Crippen LogP contribution in [0.5, 0.6) is 0 Å². The Morgan fingerprint density at radius 2 is 1.93 bits per heavy atom. The Labute approximate surface area is 95.7 Å². The van der Waals surface area contributed by atoms with Crippen LogP contribution in [0.15, 0.2) is 29.2 Å². The van der Waals surface area contributed by atoms with Gasteiger partial charge in [0.15, 0.2) is 0 Å². The van der Waals surface area contributed by atoms with E-state index in [2.05, 4.69) is 6.92 Å². The third kappa shape index (κ3) is 3.21. The number of rotatable bonds is 4. The topological polar surface area (TPSA) is 34.1 Å². The lowest BCUT2D eigenvalue weighted by molar-refractivity contribution is 0.602. The molecule has 0 saturated heterocycles. The van der Waals surface area contributed by atoms with Gasteiger partial charge in [-0.1, -0.05) is 38.5 Å². The standard InChI is InChI=1S/C11H15ClO2S/c1-3-6-9(2)10-7-4-5-8-11(10)15(12,13)14/h4-5,7-9H,3,6H2,1-2H3. The summed E-state index contributed by atoms with van der Waals surface area (Å²) in [6, 6.07) is 6.92. The van der Waals surface area contributed by atoms with Gasteiger partial charge >= 0.3 is 0 Å². The summed E-state index contributed by atoms with van der Waals surface area (Å²) < 4.78 is 22.7. The van der Waals surface area contributed by atoms with Gasteiger partial charge in [-0.3, -0.25) is 0 Å². The smallest absolute Gasteiger partial charge is 0.207 e. The molecule has 0 radical (unpaired) electrons. The van der Waals surface area contributed by atoms with Crippen LogP contribution < -0.4 is 0 Å². The molecule has 0 spiro atoms. The average Bonchev–Trinajstić information content (AvgIpc) is 2.17. The molecular weight excluding hydrogens is 232 g/mol. The van der Waals surface area contributed by atoms with E-state index in [1.165, 1.54) is 0 Å². The van der Waals surface area contributed by atoms with Gasteiger partial charge in [-0.25, -0.2) is 8.42 Å². The summed E-state index contributed by atoms with van der Waals surface area (Å²) >= 11 is 0. The second-order valence-electron chi connectivity index (χ2n) is 3.67. The summed E-state index contributed by atoms with van der Waals surface area (Å²) in [6.45, 7) is 4.10. The predicted molar refractivity (Wildman–Crippen MR) is 62.8 cm³/mol. The fraction of sp³-hybridized carbons (Fsp3) is 0.455. The van der Waals surface area contributed by atoms with Crippen molar-refractivity contribution in [2.45, 2.75) is 37.5 Å². The van der Waals surface area contributed by atoms with Gasteiger partial charge in [-0.05, 0) is 24.0 Å². The fourth-order valence-corrected chi connectivity index (χ4v) is 2.91. The summed E-state index contributed by atoms with van der Waals surface area (Å²) in [5.74, 6) is 0.222. The van der Waals surface area contributed by atoms with Crippen LogP contribution in [0.2, 0.25) is 0 Å². The first-order valence-electron chi connectivity index (χ1n) is 5.00. The lowest BCUT2D eigenvalue weighted by Crippen LogP contribution is -2.01. The van der Waals surface area contributed by atoms with Gasteiger partial charge in [0.25, 0.3) is 9.05 Å². The maximum absolute atomic E-state index is 11.3. The quantitative estimate of drug-likeness (QED) is 0.762. The Morgan fingerprint density at radius 1 is 1.33 bits per heavy atom. The first kappa shape index (κ1) is 12.5. The number of halogens is 1. The van der Waals surface area contributed by atoms with Crippen LogP contribution in [0, 0.1) is 0 Å². The van der Waals surface area contributed by atoms with E-state index in [0.717, 1.165) is 18.4 Å². The molecule has 0 aromatic heterocycles. The zero-order valence-corrected chi connectivity index (χ0v) is 10.5. The Kier molecular flexibility index (Phi) is 4.17. The average molecular weight is 247 g/mol. The molecule has 1 aromatic rings. The van der Waals surface area contributed by atoms with Crippen molar-refractivity contribution in [1.29, 1.82) is 0 Å². The highest BCUT2D eigenvalue weighted by Crippen LogP contribution is 2.28. The molecule has 0 aliphatic rings. The van der Waals surface area contributed by atoms with Crippen molar-refractivity contribution in [2.75, 3.05) is 0 Å². The molecule has 0 saturated carbocycles. The molecule has 0 N–H and O–H groups in total. The van der Waals surface area contributed by atoms with Crippen molar-refractivity contribution in [2.24, 2.45) is 0 Å². The van der Waals surface area contributed by atoms with Crippen molar-refractivity contribution in [3.05, 3.63) is 29.8 Å². The number of hydrogen-bond acceptors (Lipinski definition) is 2. The number of hydrogen-bond donors (Lipinski definition) is 0. The summed E-state index contributed by atoms with van der Waals surface area (Å²) in [4.78, 5) is 0.243. The highest BCUT2D eigenvalue weighted by molar-refractivity contribution is 8.13. The summed E-state index contributed by atoms with van der Waals surface area (Å²) in [6.07, 6.45) is 1.99. The van der Waals surface area contributed by atoms with Crippen LogP contribution in [-0.2, 0) is 9.05 Å². The first-order valence-corrected chi connectivity index (χ1v) is 7.31. The number of benzene rings is 1. The van der Waals surface area contributed by atoms with Gasteiger partial charge in [-0.15, -0.1) is 0 Å². The highest BCUT2D eigenvalue weighted by Gasteiger charge is 2.18. The first-order chi connectivity index (χ1) is 6.96. The molecule has 4 heteroatoms. The second kappa shape index (κ2) is 4.99. The molecule has 1 unspecified atom stereocenters. The molecular formula is C11H15ClO2S. The van der Waals surface area contributed by atoms with E-state index in [4.69, 9.17) is 10.7 Å². The van der Waals surface area contributed by atoms with Crippen LogP contribution in [-0.4, -0.2) is 8.42 Å². The van der Waals surface area contributed by atoms with Crippen molar-refractivity contribution < 1.29 is 8.42 Å². The van der Waals surface area contributed by atoms with Crippen molar-refractivity contribution in [3.8, 4) is 0 Å². The minimum Gasteiger partial charge on any atom is -0.207 e. The molecule has 2 nitrogen and oxygen atoms in total. The van der Waals surface area contributed by atoms with E-state index in [-0.39, 0.29) is 10.8 Å². The normalized spacial score (nSPS) is 13.8. The van der Waals surface area contributed by atoms with E-state index < -0.39 is 9.05 Å². The van der Waals surface area contributed by atoms with Gasteiger partial charge in [0.1, 0.15) is 0 Å². The molecule has 0 aliphatic carbocycles. The second-order valence-corrected chi connectivity index (χ2v) is 6.20. The maximum Gasteiger partial charge on any atom is 0.261 e. The van der Waals surface area contributed by atoms with Crippen LogP contribution in [0.3, 0.4) is 0 Å². The molecule has 0 aliphatic heterocycles. The molecule has 0 fully saturated rings. The largest absolute Gasteiger partial charge is 0.261 e.